The molecule has 1 rings (SSSR count). The molecule has 14 heteroatoms. The number of unbranched alkanes of at least 4 members (excludes halogenated alkanes) is 28. The molecule has 350 valence electrons. The number of ether oxygens (including phenoxy) is 2. The molecular formula is C45H87O13P. The Labute approximate surface area is 357 Å². The van der Waals surface area contributed by atoms with Gasteiger partial charge in [-0.3, -0.25) is 18.6 Å². The van der Waals surface area contributed by atoms with Crippen LogP contribution in [0.4, 0.5) is 0 Å². The molecule has 0 amide bonds. The van der Waals surface area contributed by atoms with E-state index < -0.39 is 75.7 Å². The molecule has 13 nitrogen and oxygen atoms in total. The number of aliphatic hydroxyl groups excluding tert-OH is 5. The van der Waals surface area contributed by atoms with Crippen LogP contribution >= 0.6 is 7.82 Å². The fourth-order valence-corrected chi connectivity index (χ4v) is 8.56. The van der Waals surface area contributed by atoms with Gasteiger partial charge < -0.3 is 39.9 Å². The predicted molar refractivity (Wildman–Crippen MR) is 231 cm³/mol. The Bertz CT molecular complexity index is 1050. The number of carbonyl (C=O) groups is 2. The van der Waals surface area contributed by atoms with Crippen molar-refractivity contribution in [3.05, 3.63) is 0 Å². The van der Waals surface area contributed by atoms with Gasteiger partial charge in [0.15, 0.2) is 6.10 Å². The van der Waals surface area contributed by atoms with Crippen LogP contribution in [0.15, 0.2) is 0 Å². The minimum atomic E-state index is -5.11. The van der Waals surface area contributed by atoms with E-state index in [1.165, 1.54) is 141 Å². The molecule has 1 fully saturated rings. The molecule has 1 aliphatic carbocycles. The molecule has 0 aromatic carbocycles. The number of hydrogen-bond donors (Lipinski definition) is 6. The van der Waals surface area contributed by atoms with Crippen molar-refractivity contribution in [2.75, 3.05) is 13.2 Å². The smallest absolute Gasteiger partial charge is 0.462 e. The summed E-state index contributed by atoms with van der Waals surface area (Å²) in [7, 11) is -5.11. The molecule has 0 aromatic heterocycles. The van der Waals surface area contributed by atoms with E-state index in [1.54, 1.807) is 0 Å². The summed E-state index contributed by atoms with van der Waals surface area (Å²) >= 11 is 0. The van der Waals surface area contributed by atoms with E-state index in [1.807, 2.05) is 0 Å². The first-order valence-corrected chi connectivity index (χ1v) is 25.3. The molecule has 8 atom stereocenters. The highest BCUT2D eigenvalue weighted by Gasteiger charge is 2.51. The molecule has 0 aromatic rings. The number of carbonyl (C=O) groups excluding carboxylic acids is 2. The van der Waals surface area contributed by atoms with E-state index in [2.05, 4.69) is 13.8 Å². The first-order chi connectivity index (χ1) is 28.4. The van der Waals surface area contributed by atoms with Crippen molar-refractivity contribution in [3.63, 3.8) is 0 Å². The molecule has 0 spiro atoms. The third-order valence-electron chi connectivity index (χ3n) is 11.4. The number of rotatable bonds is 40. The Kier molecular flexibility index (Phi) is 34.4. The zero-order chi connectivity index (χ0) is 43.6. The zero-order valence-corrected chi connectivity index (χ0v) is 38.0. The Morgan fingerprint density at radius 2 is 0.763 bits per heavy atom. The lowest BCUT2D eigenvalue weighted by molar-refractivity contribution is -0.220. The van der Waals surface area contributed by atoms with Gasteiger partial charge in [0.2, 0.25) is 0 Å². The van der Waals surface area contributed by atoms with E-state index in [9.17, 15) is 44.6 Å². The molecular weight excluding hydrogens is 779 g/mol. The molecule has 6 unspecified atom stereocenters. The predicted octanol–water partition coefficient (Wildman–Crippen LogP) is 9.28. The van der Waals surface area contributed by atoms with Crippen LogP contribution < -0.4 is 0 Å². The van der Waals surface area contributed by atoms with Gasteiger partial charge in [0.05, 0.1) is 6.61 Å². The highest BCUT2D eigenvalue weighted by molar-refractivity contribution is 7.47. The number of phosphoric ester groups is 1. The molecule has 0 aliphatic heterocycles. The molecule has 1 saturated carbocycles. The molecule has 0 heterocycles. The lowest BCUT2D eigenvalue weighted by Crippen LogP contribution is -2.64. The second-order valence-electron chi connectivity index (χ2n) is 17.0. The zero-order valence-electron chi connectivity index (χ0n) is 37.1. The summed E-state index contributed by atoms with van der Waals surface area (Å²) in [6, 6.07) is 0. The van der Waals surface area contributed by atoms with Gasteiger partial charge in [-0.25, -0.2) is 4.57 Å². The van der Waals surface area contributed by atoms with Crippen LogP contribution in [0, 0.1) is 0 Å². The van der Waals surface area contributed by atoms with Crippen LogP contribution in [0.2, 0.25) is 0 Å². The van der Waals surface area contributed by atoms with Gasteiger partial charge in [0, 0.05) is 12.8 Å². The Morgan fingerprint density at radius 1 is 0.458 bits per heavy atom. The third kappa shape index (κ3) is 29.0. The first kappa shape index (κ1) is 55.9. The van der Waals surface area contributed by atoms with E-state index in [0.29, 0.717) is 12.8 Å². The van der Waals surface area contributed by atoms with Gasteiger partial charge in [-0.05, 0) is 12.8 Å². The summed E-state index contributed by atoms with van der Waals surface area (Å²) in [4.78, 5) is 35.7. The van der Waals surface area contributed by atoms with E-state index in [4.69, 9.17) is 18.5 Å². The van der Waals surface area contributed by atoms with Crippen molar-refractivity contribution in [2.45, 2.75) is 262 Å². The van der Waals surface area contributed by atoms with Gasteiger partial charge >= 0.3 is 19.8 Å². The van der Waals surface area contributed by atoms with Crippen molar-refractivity contribution in [1.29, 1.82) is 0 Å². The molecule has 0 bridgehead atoms. The SMILES string of the molecule is CCCCCCCCCCCCCCCCCCCC(=O)OC[C@@H](COP(=O)(O)OC1C(O)C(O)C(O)[C@H](O)C1O)OC(=O)CCCCCCCCCCCCCCC. The largest absolute Gasteiger partial charge is 0.472 e. The highest BCUT2D eigenvalue weighted by atomic mass is 31.2. The standard InChI is InChI=1S/C45H87O13P/c1-3-5-7-9-11-13-15-17-18-19-20-22-23-25-27-29-31-33-38(46)55-35-37(36-56-59(53,54)58-45-43(51)41(49)40(48)42(50)44(45)52)57-39(47)34-32-30-28-26-24-21-16-14-12-10-8-6-4-2/h37,40-45,48-52H,3-36H2,1-2H3,(H,53,54)/t37-,40?,41-,42?,43?,44?,45?/m0/s1. The minimum absolute atomic E-state index is 0.104. The molecule has 0 radical (unpaired) electrons. The van der Waals surface area contributed by atoms with E-state index in [-0.39, 0.29) is 12.8 Å². The molecule has 59 heavy (non-hydrogen) atoms. The fourth-order valence-electron chi connectivity index (χ4n) is 7.58. The maximum absolute atomic E-state index is 12.8. The quantitative estimate of drug-likeness (QED) is 0.0193. The summed E-state index contributed by atoms with van der Waals surface area (Å²) in [6.07, 6.45) is 23.0. The number of esters is 2. The summed E-state index contributed by atoms with van der Waals surface area (Å²) < 4.78 is 33.5. The maximum Gasteiger partial charge on any atom is 0.472 e. The van der Waals surface area contributed by atoms with Crippen molar-refractivity contribution in [2.24, 2.45) is 0 Å². The van der Waals surface area contributed by atoms with Crippen molar-refractivity contribution < 1.29 is 63.1 Å². The third-order valence-corrected chi connectivity index (χ3v) is 12.4. The highest BCUT2D eigenvalue weighted by Crippen LogP contribution is 2.47. The van der Waals surface area contributed by atoms with Crippen LogP contribution in [0.5, 0.6) is 0 Å². The summed E-state index contributed by atoms with van der Waals surface area (Å²) in [5.41, 5.74) is 0. The molecule has 1 aliphatic rings. The Hall–Kier alpha value is -1.15. The monoisotopic (exact) mass is 867 g/mol. The van der Waals surface area contributed by atoms with E-state index >= 15 is 0 Å². The van der Waals surface area contributed by atoms with Gasteiger partial charge in [0.25, 0.3) is 0 Å². The molecule has 0 saturated heterocycles. The lowest BCUT2D eigenvalue weighted by atomic mass is 9.85. The number of hydrogen-bond acceptors (Lipinski definition) is 12. The van der Waals surface area contributed by atoms with Crippen molar-refractivity contribution in [3.8, 4) is 0 Å². The van der Waals surface area contributed by atoms with Gasteiger partial charge in [0.1, 0.15) is 43.2 Å². The Balaban J connectivity index is 2.41. The second-order valence-corrected chi connectivity index (χ2v) is 18.4. The van der Waals surface area contributed by atoms with Crippen LogP contribution in [-0.4, -0.2) is 98.3 Å². The average Bonchev–Trinajstić information content (AvgIpc) is 3.21. The maximum atomic E-state index is 12.8. The van der Waals surface area contributed by atoms with Gasteiger partial charge in [-0.1, -0.05) is 194 Å². The summed E-state index contributed by atoms with van der Waals surface area (Å²) in [6.45, 7) is 3.32. The Morgan fingerprint density at radius 3 is 1.12 bits per heavy atom. The van der Waals surface area contributed by atoms with Crippen LogP contribution in [-0.2, 0) is 32.7 Å². The first-order valence-electron chi connectivity index (χ1n) is 23.8. The second kappa shape index (κ2) is 36.3. The summed E-state index contributed by atoms with van der Waals surface area (Å²) in [5, 5.41) is 50.1. The fraction of sp³-hybridized carbons (Fsp3) is 0.956. The van der Waals surface area contributed by atoms with Crippen LogP contribution in [0.1, 0.15) is 219 Å². The minimum Gasteiger partial charge on any atom is -0.462 e. The molecule has 6 N–H and O–H groups in total. The van der Waals surface area contributed by atoms with Crippen molar-refractivity contribution in [1.82, 2.24) is 0 Å². The normalized spacial score (nSPS) is 22.2. The number of aliphatic hydroxyl groups is 5. The summed E-state index contributed by atoms with van der Waals surface area (Å²) in [5.74, 6) is -1.08. The average molecular weight is 867 g/mol. The van der Waals surface area contributed by atoms with Crippen molar-refractivity contribution >= 4 is 19.8 Å². The van der Waals surface area contributed by atoms with Gasteiger partial charge in [-0.2, -0.15) is 0 Å². The number of phosphoric acid groups is 1. The van der Waals surface area contributed by atoms with Crippen LogP contribution in [0.3, 0.4) is 0 Å². The topological polar surface area (TPSA) is 210 Å². The lowest BCUT2D eigenvalue weighted by Gasteiger charge is -2.41. The van der Waals surface area contributed by atoms with Gasteiger partial charge in [-0.15, -0.1) is 0 Å². The van der Waals surface area contributed by atoms with E-state index in [0.717, 1.165) is 38.5 Å². The van der Waals surface area contributed by atoms with Crippen LogP contribution in [0.25, 0.3) is 0 Å².